The molecule has 0 aliphatic carbocycles. The molecule has 1 aromatic rings. The molecule has 2 atom stereocenters. The highest BCUT2D eigenvalue weighted by Gasteiger charge is 2.26. The Morgan fingerprint density at radius 3 is 3.05 bits per heavy atom. The molecule has 0 radical (unpaired) electrons. The van der Waals surface area contributed by atoms with Crippen LogP contribution in [0.25, 0.3) is 0 Å². The van der Waals surface area contributed by atoms with Crippen molar-refractivity contribution < 1.29 is 9.18 Å². The molecule has 1 aromatic carbocycles. The molecule has 2 rings (SSSR count). The largest absolute Gasteiger partial charge is 0.321 e. The minimum Gasteiger partial charge on any atom is -0.321 e. The van der Waals surface area contributed by atoms with E-state index in [0.717, 1.165) is 25.8 Å². The summed E-state index contributed by atoms with van der Waals surface area (Å²) in [6, 6.07) is 4.41. The molecular formula is C14H18BrFN2O. The summed E-state index contributed by atoms with van der Waals surface area (Å²) in [6.07, 6.45) is 2.99. The topological polar surface area (TPSA) is 41.1 Å². The number of halogens is 2. The van der Waals surface area contributed by atoms with Gasteiger partial charge in [0.2, 0.25) is 5.91 Å². The third kappa shape index (κ3) is 3.54. The lowest BCUT2D eigenvalue weighted by atomic mass is 9.90. The SMILES string of the molecule is CCC1CCNC(C(=O)Nc2c(F)cccc2Br)C1. The fourth-order valence-corrected chi connectivity index (χ4v) is 2.84. The van der Waals surface area contributed by atoms with Crippen LogP contribution in [0.1, 0.15) is 26.2 Å². The van der Waals surface area contributed by atoms with Crippen LogP contribution in [0.5, 0.6) is 0 Å². The van der Waals surface area contributed by atoms with E-state index in [2.05, 4.69) is 33.5 Å². The molecule has 5 heteroatoms. The van der Waals surface area contributed by atoms with Crippen molar-refractivity contribution in [1.29, 1.82) is 0 Å². The highest BCUT2D eigenvalue weighted by molar-refractivity contribution is 9.10. The molecule has 104 valence electrons. The molecule has 0 spiro atoms. The summed E-state index contributed by atoms with van der Waals surface area (Å²) in [5.41, 5.74) is 0.216. The van der Waals surface area contributed by atoms with E-state index >= 15 is 0 Å². The van der Waals surface area contributed by atoms with Crippen LogP contribution in [-0.4, -0.2) is 18.5 Å². The number of nitrogens with one attached hydrogen (secondary N) is 2. The van der Waals surface area contributed by atoms with Crippen LogP contribution < -0.4 is 10.6 Å². The van der Waals surface area contributed by atoms with Gasteiger partial charge in [-0.2, -0.15) is 0 Å². The van der Waals surface area contributed by atoms with Gasteiger partial charge in [0.25, 0.3) is 0 Å². The molecule has 0 aromatic heterocycles. The minimum absolute atomic E-state index is 0.163. The lowest BCUT2D eigenvalue weighted by Crippen LogP contribution is -2.46. The Morgan fingerprint density at radius 2 is 2.37 bits per heavy atom. The maximum absolute atomic E-state index is 13.7. The molecule has 0 bridgehead atoms. The fraction of sp³-hybridized carbons (Fsp3) is 0.500. The maximum Gasteiger partial charge on any atom is 0.241 e. The van der Waals surface area contributed by atoms with Crippen molar-refractivity contribution >= 4 is 27.5 Å². The van der Waals surface area contributed by atoms with Crippen LogP contribution in [0.3, 0.4) is 0 Å². The first-order valence-corrected chi connectivity index (χ1v) is 7.39. The zero-order valence-electron chi connectivity index (χ0n) is 10.9. The maximum atomic E-state index is 13.7. The van der Waals surface area contributed by atoms with Crippen molar-refractivity contribution in [2.45, 2.75) is 32.2 Å². The quantitative estimate of drug-likeness (QED) is 0.893. The Hall–Kier alpha value is -0.940. The second-order valence-electron chi connectivity index (χ2n) is 4.89. The number of anilines is 1. The summed E-state index contributed by atoms with van der Waals surface area (Å²) in [7, 11) is 0. The Morgan fingerprint density at radius 1 is 1.58 bits per heavy atom. The number of amides is 1. The van der Waals surface area contributed by atoms with Crippen LogP contribution in [0.15, 0.2) is 22.7 Å². The highest BCUT2D eigenvalue weighted by atomic mass is 79.9. The van der Waals surface area contributed by atoms with Crippen molar-refractivity contribution in [3.63, 3.8) is 0 Å². The first kappa shape index (κ1) is 14.5. The third-order valence-electron chi connectivity index (χ3n) is 3.62. The molecule has 1 amide bonds. The van der Waals surface area contributed by atoms with E-state index in [1.54, 1.807) is 12.1 Å². The summed E-state index contributed by atoms with van der Waals surface area (Å²) in [5, 5.41) is 5.86. The summed E-state index contributed by atoms with van der Waals surface area (Å²) >= 11 is 3.25. The third-order valence-corrected chi connectivity index (χ3v) is 4.28. The van der Waals surface area contributed by atoms with E-state index in [-0.39, 0.29) is 17.6 Å². The normalized spacial score (nSPS) is 23.1. The van der Waals surface area contributed by atoms with E-state index in [1.807, 2.05) is 0 Å². The molecule has 0 saturated carbocycles. The second-order valence-corrected chi connectivity index (χ2v) is 5.75. The fourth-order valence-electron chi connectivity index (χ4n) is 2.39. The molecule has 2 unspecified atom stereocenters. The van der Waals surface area contributed by atoms with E-state index < -0.39 is 5.82 Å². The van der Waals surface area contributed by atoms with Gasteiger partial charge in [-0.1, -0.05) is 19.4 Å². The van der Waals surface area contributed by atoms with Gasteiger partial charge in [0.1, 0.15) is 5.82 Å². The Labute approximate surface area is 121 Å². The Kier molecular flexibility index (Phi) is 4.93. The van der Waals surface area contributed by atoms with Crippen molar-refractivity contribution in [3.05, 3.63) is 28.5 Å². The number of hydrogen-bond acceptors (Lipinski definition) is 2. The first-order chi connectivity index (χ1) is 9.11. The van der Waals surface area contributed by atoms with Crippen LogP contribution in [0.2, 0.25) is 0 Å². The van der Waals surface area contributed by atoms with Gasteiger partial charge < -0.3 is 10.6 Å². The molecule has 1 fully saturated rings. The molecule has 1 saturated heterocycles. The molecule has 2 N–H and O–H groups in total. The summed E-state index contributed by atoms with van der Waals surface area (Å²) in [4.78, 5) is 12.2. The summed E-state index contributed by atoms with van der Waals surface area (Å²) in [5.74, 6) is -0.0180. The Bertz CT molecular complexity index is 447. The van der Waals surface area contributed by atoms with Gasteiger partial charge in [0, 0.05) is 4.47 Å². The zero-order valence-corrected chi connectivity index (χ0v) is 12.5. The van der Waals surface area contributed by atoms with Crippen molar-refractivity contribution in [2.75, 3.05) is 11.9 Å². The van der Waals surface area contributed by atoms with E-state index in [4.69, 9.17) is 0 Å². The molecule has 1 aliphatic heterocycles. The van der Waals surface area contributed by atoms with Gasteiger partial charge in [-0.3, -0.25) is 4.79 Å². The Balaban J connectivity index is 2.04. The van der Waals surface area contributed by atoms with Crippen molar-refractivity contribution in [2.24, 2.45) is 5.92 Å². The monoisotopic (exact) mass is 328 g/mol. The van der Waals surface area contributed by atoms with Gasteiger partial charge in [0.05, 0.1) is 11.7 Å². The lowest BCUT2D eigenvalue weighted by Gasteiger charge is -2.29. The van der Waals surface area contributed by atoms with E-state index in [1.165, 1.54) is 6.07 Å². The second kappa shape index (κ2) is 6.48. The lowest BCUT2D eigenvalue weighted by molar-refractivity contribution is -0.119. The number of piperidine rings is 1. The number of benzene rings is 1. The van der Waals surface area contributed by atoms with Gasteiger partial charge in [-0.05, 0) is 53.4 Å². The van der Waals surface area contributed by atoms with Crippen LogP contribution in [-0.2, 0) is 4.79 Å². The van der Waals surface area contributed by atoms with Crippen LogP contribution in [0, 0.1) is 11.7 Å². The number of carbonyl (C=O) groups is 1. The summed E-state index contributed by atoms with van der Waals surface area (Å²) in [6.45, 7) is 2.98. The average Bonchev–Trinajstić information content (AvgIpc) is 2.43. The van der Waals surface area contributed by atoms with Gasteiger partial charge in [-0.15, -0.1) is 0 Å². The first-order valence-electron chi connectivity index (χ1n) is 6.60. The predicted octanol–water partition coefficient (Wildman–Crippen LogP) is 3.30. The molecule has 19 heavy (non-hydrogen) atoms. The molecule has 1 aliphatic rings. The number of hydrogen-bond donors (Lipinski definition) is 2. The highest BCUT2D eigenvalue weighted by Crippen LogP contribution is 2.26. The number of rotatable bonds is 3. The van der Waals surface area contributed by atoms with E-state index in [0.29, 0.717) is 10.4 Å². The smallest absolute Gasteiger partial charge is 0.241 e. The average molecular weight is 329 g/mol. The molecule has 3 nitrogen and oxygen atoms in total. The molecular weight excluding hydrogens is 311 g/mol. The molecule has 1 heterocycles. The van der Waals surface area contributed by atoms with E-state index in [9.17, 15) is 9.18 Å². The summed E-state index contributed by atoms with van der Waals surface area (Å²) < 4.78 is 14.2. The minimum atomic E-state index is -0.425. The van der Waals surface area contributed by atoms with Crippen LogP contribution >= 0.6 is 15.9 Å². The van der Waals surface area contributed by atoms with Gasteiger partial charge in [0.15, 0.2) is 0 Å². The number of carbonyl (C=O) groups excluding carboxylic acids is 1. The van der Waals surface area contributed by atoms with Gasteiger partial charge >= 0.3 is 0 Å². The van der Waals surface area contributed by atoms with Crippen LogP contribution in [0.4, 0.5) is 10.1 Å². The van der Waals surface area contributed by atoms with Crippen molar-refractivity contribution in [1.82, 2.24) is 5.32 Å². The van der Waals surface area contributed by atoms with Gasteiger partial charge in [-0.25, -0.2) is 4.39 Å². The zero-order chi connectivity index (χ0) is 13.8. The van der Waals surface area contributed by atoms with Crippen molar-refractivity contribution in [3.8, 4) is 0 Å². The number of para-hydroxylation sites is 1. The predicted molar refractivity (Wildman–Crippen MR) is 77.5 cm³/mol. The standard InChI is InChI=1S/C14H18BrFN2O/c1-2-9-6-7-17-12(8-9)14(19)18-13-10(15)4-3-5-11(13)16/h3-5,9,12,17H,2,6-8H2,1H3,(H,18,19).